The molecule has 2 fully saturated rings. The maximum absolute atomic E-state index is 12.7. The maximum atomic E-state index is 12.7. The van der Waals surface area contributed by atoms with Gasteiger partial charge in [-0.05, 0) is 37.7 Å². The van der Waals surface area contributed by atoms with Crippen molar-refractivity contribution < 1.29 is 9.53 Å². The molecule has 0 heterocycles. The van der Waals surface area contributed by atoms with Gasteiger partial charge in [-0.15, -0.1) is 0 Å². The number of benzene rings is 1. The van der Waals surface area contributed by atoms with Gasteiger partial charge in [0.25, 0.3) is 0 Å². The molecule has 0 spiro atoms. The van der Waals surface area contributed by atoms with Gasteiger partial charge in [-0.25, -0.2) is 0 Å². The highest BCUT2D eigenvalue weighted by atomic mass is 16.5. The molecule has 0 aromatic heterocycles. The van der Waals surface area contributed by atoms with Crippen LogP contribution < -0.4 is 5.32 Å². The number of amides is 1. The van der Waals surface area contributed by atoms with E-state index in [1.54, 1.807) is 0 Å². The zero-order chi connectivity index (χ0) is 16.0. The zero-order valence-electron chi connectivity index (χ0n) is 14.1. The monoisotopic (exact) mass is 315 g/mol. The first kappa shape index (κ1) is 16.5. The molecular weight excluding hydrogens is 286 g/mol. The summed E-state index contributed by atoms with van der Waals surface area (Å²) in [5.74, 6) is 0.201. The van der Waals surface area contributed by atoms with Gasteiger partial charge in [-0.1, -0.05) is 56.0 Å². The van der Waals surface area contributed by atoms with Crippen LogP contribution in [0.15, 0.2) is 30.3 Å². The maximum Gasteiger partial charge on any atom is 0.230 e. The molecule has 0 bridgehead atoms. The van der Waals surface area contributed by atoms with Gasteiger partial charge in [0.15, 0.2) is 0 Å². The zero-order valence-corrected chi connectivity index (χ0v) is 14.1. The van der Waals surface area contributed by atoms with E-state index in [4.69, 9.17) is 4.74 Å². The lowest BCUT2D eigenvalue weighted by Gasteiger charge is -2.40. The minimum Gasteiger partial charge on any atom is -0.378 e. The average Bonchev–Trinajstić information content (AvgIpc) is 2.55. The fourth-order valence-corrected chi connectivity index (χ4v) is 3.86. The smallest absolute Gasteiger partial charge is 0.230 e. The van der Waals surface area contributed by atoms with Crippen molar-refractivity contribution in [2.75, 3.05) is 13.2 Å². The third-order valence-corrected chi connectivity index (χ3v) is 5.48. The van der Waals surface area contributed by atoms with E-state index in [-0.39, 0.29) is 11.3 Å². The van der Waals surface area contributed by atoms with Crippen molar-refractivity contribution in [2.45, 2.75) is 69.3 Å². The molecule has 1 aromatic carbocycles. The highest BCUT2D eigenvalue weighted by Crippen LogP contribution is 2.43. The summed E-state index contributed by atoms with van der Waals surface area (Å²) in [4.78, 5) is 12.7. The Morgan fingerprint density at radius 3 is 2.48 bits per heavy atom. The number of rotatable bonds is 7. The van der Waals surface area contributed by atoms with Crippen molar-refractivity contribution in [3.05, 3.63) is 35.9 Å². The van der Waals surface area contributed by atoms with Crippen LogP contribution >= 0.6 is 0 Å². The van der Waals surface area contributed by atoms with Crippen molar-refractivity contribution in [2.24, 2.45) is 0 Å². The standard InChI is InChI=1S/C20H29NO2/c22-19(20(13-7-14-20)17-9-3-1-4-10-17)21-15-8-16-23-18-11-5-2-6-12-18/h1,3-4,9-10,18H,2,5-8,11-16H2,(H,21,22). The lowest BCUT2D eigenvalue weighted by atomic mass is 9.64. The molecule has 3 rings (SSSR count). The molecule has 1 aromatic rings. The Hall–Kier alpha value is -1.35. The van der Waals surface area contributed by atoms with Gasteiger partial charge >= 0.3 is 0 Å². The summed E-state index contributed by atoms with van der Waals surface area (Å²) in [6.45, 7) is 1.49. The molecule has 1 N–H and O–H groups in total. The van der Waals surface area contributed by atoms with Crippen LogP contribution in [0.1, 0.15) is 63.4 Å². The van der Waals surface area contributed by atoms with Gasteiger partial charge in [0.1, 0.15) is 0 Å². The molecule has 0 radical (unpaired) electrons. The Morgan fingerprint density at radius 2 is 1.83 bits per heavy atom. The normalized spacial score (nSPS) is 20.7. The van der Waals surface area contributed by atoms with E-state index in [1.165, 1.54) is 37.7 Å². The fraction of sp³-hybridized carbons (Fsp3) is 0.650. The number of carbonyl (C=O) groups is 1. The molecule has 1 amide bonds. The van der Waals surface area contributed by atoms with E-state index in [0.29, 0.717) is 6.10 Å². The first-order valence-corrected chi connectivity index (χ1v) is 9.27. The summed E-state index contributed by atoms with van der Waals surface area (Å²) in [6, 6.07) is 10.2. The molecule has 3 heteroatoms. The Morgan fingerprint density at radius 1 is 1.09 bits per heavy atom. The largest absolute Gasteiger partial charge is 0.378 e. The van der Waals surface area contributed by atoms with Crippen LogP contribution in [0.5, 0.6) is 0 Å². The second kappa shape index (κ2) is 7.96. The average molecular weight is 315 g/mol. The molecule has 126 valence electrons. The predicted octanol–water partition coefficient (Wildman–Crippen LogP) is 3.96. The number of carbonyl (C=O) groups excluding carboxylic acids is 1. The molecule has 2 saturated carbocycles. The minimum absolute atomic E-state index is 0.201. The molecule has 2 aliphatic rings. The topological polar surface area (TPSA) is 38.3 Å². The van der Waals surface area contributed by atoms with E-state index >= 15 is 0 Å². The number of hydrogen-bond acceptors (Lipinski definition) is 2. The van der Waals surface area contributed by atoms with Gasteiger partial charge < -0.3 is 10.1 Å². The first-order chi connectivity index (χ1) is 11.3. The summed E-state index contributed by atoms with van der Waals surface area (Å²) in [5, 5.41) is 3.14. The molecule has 0 saturated heterocycles. The summed E-state index contributed by atoms with van der Waals surface area (Å²) < 4.78 is 5.92. The van der Waals surface area contributed by atoms with Crippen LogP contribution in [0.4, 0.5) is 0 Å². The Balaban J connectivity index is 1.40. The molecule has 3 nitrogen and oxygen atoms in total. The summed E-state index contributed by atoms with van der Waals surface area (Å²) >= 11 is 0. The lowest BCUT2D eigenvalue weighted by molar-refractivity contribution is -0.130. The third-order valence-electron chi connectivity index (χ3n) is 5.48. The summed E-state index contributed by atoms with van der Waals surface area (Å²) in [6.07, 6.45) is 10.9. The van der Waals surface area contributed by atoms with E-state index in [0.717, 1.165) is 38.8 Å². The number of nitrogens with one attached hydrogen (secondary N) is 1. The van der Waals surface area contributed by atoms with Crippen LogP contribution in [0, 0.1) is 0 Å². The Kier molecular flexibility index (Phi) is 5.71. The fourth-order valence-electron chi connectivity index (χ4n) is 3.86. The van der Waals surface area contributed by atoms with Crippen molar-refractivity contribution in [3.8, 4) is 0 Å². The molecule has 23 heavy (non-hydrogen) atoms. The summed E-state index contributed by atoms with van der Waals surface area (Å²) in [5.41, 5.74) is 0.896. The second-order valence-corrected chi connectivity index (χ2v) is 7.04. The van der Waals surface area contributed by atoms with Crippen LogP contribution in [-0.4, -0.2) is 25.2 Å². The molecule has 0 atom stereocenters. The summed E-state index contributed by atoms with van der Waals surface area (Å²) in [7, 11) is 0. The molecule has 2 aliphatic carbocycles. The van der Waals surface area contributed by atoms with E-state index in [1.807, 2.05) is 18.2 Å². The predicted molar refractivity (Wildman–Crippen MR) is 92.4 cm³/mol. The molecule has 0 aliphatic heterocycles. The number of ether oxygens (including phenoxy) is 1. The van der Waals surface area contributed by atoms with Gasteiger partial charge in [0, 0.05) is 13.2 Å². The van der Waals surface area contributed by atoms with Gasteiger partial charge in [0.05, 0.1) is 11.5 Å². The van der Waals surface area contributed by atoms with Gasteiger partial charge in [0.2, 0.25) is 5.91 Å². The highest BCUT2D eigenvalue weighted by molar-refractivity contribution is 5.89. The number of hydrogen-bond donors (Lipinski definition) is 1. The molecule has 0 unspecified atom stereocenters. The van der Waals surface area contributed by atoms with E-state index in [2.05, 4.69) is 17.4 Å². The first-order valence-electron chi connectivity index (χ1n) is 9.27. The van der Waals surface area contributed by atoms with Crippen molar-refractivity contribution in [3.63, 3.8) is 0 Å². The Bertz CT molecular complexity index is 490. The van der Waals surface area contributed by atoms with Crippen molar-refractivity contribution in [1.82, 2.24) is 5.32 Å². The van der Waals surface area contributed by atoms with E-state index < -0.39 is 0 Å². The van der Waals surface area contributed by atoms with Crippen LogP contribution in [-0.2, 0) is 14.9 Å². The highest BCUT2D eigenvalue weighted by Gasteiger charge is 2.45. The Labute approximate surface area is 139 Å². The van der Waals surface area contributed by atoms with Crippen LogP contribution in [0.25, 0.3) is 0 Å². The minimum atomic E-state index is -0.272. The van der Waals surface area contributed by atoms with Crippen LogP contribution in [0.3, 0.4) is 0 Å². The third kappa shape index (κ3) is 3.95. The van der Waals surface area contributed by atoms with Crippen molar-refractivity contribution in [1.29, 1.82) is 0 Å². The van der Waals surface area contributed by atoms with Crippen molar-refractivity contribution >= 4 is 5.91 Å². The van der Waals surface area contributed by atoms with Crippen LogP contribution in [0.2, 0.25) is 0 Å². The second-order valence-electron chi connectivity index (χ2n) is 7.04. The quantitative estimate of drug-likeness (QED) is 0.773. The molecular formula is C20H29NO2. The van der Waals surface area contributed by atoms with Gasteiger partial charge in [-0.3, -0.25) is 4.79 Å². The SMILES string of the molecule is O=C(NCCCOC1CCCCC1)C1(c2ccccc2)CCC1. The van der Waals surface area contributed by atoms with Gasteiger partial charge in [-0.2, -0.15) is 0 Å². The van der Waals surface area contributed by atoms with E-state index in [9.17, 15) is 4.79 Å². The lowest BCUT2D eigenvalue weighted by Crippen LogP contribution is -2.49.